The summed E-state index contributed by atoms with van der Waals surface area (Å²) in [4.78, 5) is 37.6. The summed E-state index contributed by atoms with van der Waals surface area (Å²) < 4.78 is 0.898. The number of thiophene rings is 2. The Morgan fingerprint density at radius 3 is 2.40 bits per heavy atom. The minimum atomic E-state index is -0.942. The highest BCUT2D eigenvalue weighted by Crippen LogP contribution is 2.40. The lowest BCUT2D eigenvalue weighted by Crippen LogP contribution is -2.36. The molecule has 1 aliphatic rings. The number of carboxylic acids is 1. The van der Waals surface area contributed by atoms with E-state index in [2.05, 4.69) is 10.6 Å². The van der Waals surface area contributed by atoms with Crippen molar-refractivity contribution in [3.8, 4) is 0 Å². The van der Waals surface area contributed by atoms with E-state index >= 15 is 0 Å². The molecule has 2 unspecified atom stereocenters. The molecule has 30 heavy (non-hydrogen) atoms. The third kappa shape index (κ3) is 4.21. The normalized spacial score (nSPS) is 18.8. The first-order chi connectivity index (χ1) is 14.4. The molecule has 3 N–H and O–H groups in total. The number of fused-ring (bicyclic) bond motifs is 1. The number of benzene rings is 1. The Balaban J connectivity index is 1.60. The van der Waals surface area contributed by atoms with E-state index in [1.54, 1.807) is 24.3 Å². The maximum absolute atomic E-state index is 13.0. The van der Waals surface area contributed by atoms with Crippen molar-refractivity contribution in [2.75, 3.05) is 10.6 Å². The molecule has 1 fully saturated rings. The molecule has 0 radical (unpaired) electrons. The Morgan fingerprint density at radius 2 is 1.70 bits per heavy atom. The largest absolute Gasteiger partial charge is 0.481 e. The first-order valence-corrected chi connectivity index (χ1v) is 11.7. The van der Waals surface area contributed by atoms with Gasteiger partial charge in [-0.3, -0.25) is 14.4 Å². The van der Waals surface area contributed by atoms with E-state index in [0.717, 1.165) is 22.9 Å². The summed E-state index contributed by atoms with van der Waals surface area (Å²) in [5.41, 5.74) is 0.983. The molecular formula is C21H19ClN2O4S2. The molecule has 9 heteroatoms. The fourth-order valence-electron chi connectivity index (χ4n) is 3.82. The van der Waals surface area contributed by atoms with E-state index in [1.165, 1.54) is 22.7 Å². The van der Waals surface area contributed by atoms with Crippen LogP contribution in [0.5, 0.6) is 0 Å². The quantitative estimate of drug-likeness (QED) is 0.453. The molecule has 6 nitrogen and oxygen atoms in total. The number of nitrogens with one attached hydrogen (secondary N) is 2. The molecule has 2 aromatic heterocycles. The van der Waals surface area contributed by atoms with Gasteiger partial charge in [0.05, 0.1) is 17.4 Å². The molecule has 0 saturated heterocycles. The Bertz CT molecular complexity index is 1110. The highest BCUT2D eigenvalue weighted by molar-refractivity contribution is 7.26. The lowest BCUT2D eigenvalue weighted by molar-refractivity contribution is -0.147. The van der Waals surface area contributed by atoms with Gasteiger partial charge in [0, 0.05) is 31.6 Å². The zero-order valence-electron chi connectivity index (χ0n) is 15.8. The van der Waals surface area contributed by atoms with E-state index in [1.807, 2.05) is 10.8 Å². The molecule has 0 bridgehead atoms. The van der Waals surface area contributed by atoms with Crippen molar-refractivity contribution in [1.82, 2.24) is 0 Å². The lowest BCUT2D eigenvalue weighted by atomic mass is 9.79. The van der Waals surface area contributed by atoms with Gasteiger partial charge >= 0.3 is 5.97 Å². The van der Waals surface area contributed by atoms with Crippen LogP contribution in [0, 0.1) is 11.8 Å². The smallest absolute Gasteiger partial charge is 0.307 e. The van der Waals surface area contributed by atoms with E-state index in [9.17, 15) is 19.5 Å². The topological polar surface area (TPSA) is 95.5 Å². The van der Waals surface area contributed by atoms with Crippen LogP contribution in [-0.4, -0.2) is 22.9 Å². The van der Waals surface area contributed by atoms with Gasteiger partial charge in [-0.2, -0.15) is 11.3 Å². The first kappa shape index (κ1) is 20.8. The monoisotopic (exact) mass is 462 g/mol. The molecule has 0 aliphatic heterocycles. The van der Waals surface area contributed by atoms with Gasteiger partial charge in [0.15, 0.2) is 0 Å². The number of carboxylic acid groups (broad SMARTS) is 1. The summed E-state index contributed by atoms with van der Waals surface area (Å²) in [5.74, 6) is -2.90. The number of aliphatic carboxylic acids is 1. The van der Waals surface area contributed by atoms with Gasteiger partial charge in [0.25, 0.3) is 5.91 Å². The van der Waals surface area contributed by atoms with Gasteiger partial charge in [-0.05, 0) is 37.1 Å². The van der Waals surface area contributed by atoms with Crippen LogP contribution in [0.15, 0.2) is 35.0 Å². The molecule has 2 atom stereocenters. The molecule has 156 valence electrons. The van der Waals surface area contributed by atoms with Gasteiger partial charge in [-0.25, -0.2) is 0 Å². The minimum absolute atomic E-state index is 0.337. The van der Waals surface area contributed by atoms with Crippen molar-refractivity contribution in [2.45, 2.75) is 25.7 Å². The average molecular weight is 463 g/mol. The number of halogens is 1. The molecule has 4 rings (SSSR count). The maximum atomic E-state index is 13.0. The number of carbonyl (C=O) groups is 3. The van der Waals surface area contributed by atoms with Crippen LogP contribution in [-0.2, 0) is 9.59 Å². The number of anilines is 2. The predicted octanol–water partition coefficient (Wildman–Crippen LogP) is 5.70. The van der Waals surface area contributed by atoms with E-state index in [0.29, 0.717) is 34.1 Å². The van der Waals surface area contributed by atoms with E-state index < -0.39 is 17.8 Å². The van der Waals surface area contributed by atoms with E-state index in [-0.39, 0.29) is 11.8 Å². The second-order valence-electron chi connectivity index (χ2n) is 7.24. The molecule has 1 aliphatic carbocycles. The number of hydrogen-bond acceptors (Lipinski definition) is 5. The third-order valence-corrected chi connectivity index (χ3v) is 7.53. The average Bonchev–Trinajstić information content (AvgIpc) is 3.30. The van der Waals surface area contributed by atoms with Crippen molar-refractivity contribution >= 4 is 72.8 Å². The standard InChI is InChI=1S/C21H19ClN2O4S2/c22-11-5-7-12(8-6-11)23-19(26)17-15-9-29-10-16(15)30-20(17)24-18(25)13-3-1-2-4-14(13)21(27)28/h5-10,13-14H,1-4H2,(H,23,26)(H,24,25)(H,27,28). The molecule has 1 saturated carbocycles. The number of rotatable bonds is 5. The second kappa shape index (κ2) is 8.75. The summed E-state index contributed by atoms with van der Waals surface area (Å²) in [5, 5.41) is 20.8. The molecule has 2 heterocycles. The van der Waals surface area contributed by atoms with Crippen molar-refractivity contribution in [3.05, 3.63) is 45.6 Å². The highest BCUT2D eigenvalue weighted by atomic mass is 35.5. The van der Waals surface area contributed by atoms with Crippen LogP contribution in [0.4, 0.5) is 10.7 Å². The van der Waals surface area contributed by atoms with Crippen LogP contribution < -0.4 is 10.6 Å². The first-order valence-electron chi connectivity index (χ1n) is 9.53. The van der Waals surface area contributed by atoms with Gasteiger partial charge in [0.1, 0.15) is 5.00 Å². The van der Waals surface area contributed by atoms with Crippen molar-refractivity contribution < 1.29 is 19.5 Å². The number of hydrogen-bond donors (Lipinski definition) is 3. The number of amides is 2. The van der Waals surface area contributed by atoms with Gasteiger partial charge in [-0.1, -0.05) is 24.4 Å². The fourth-order valence-corrected chi connectivity index (χ4v) is 6.02. The van der Waals surface area contributed by atoms with Crippen molar-refractivity contribution in [2.24, 2.45) is 11.8 Å². The van der Waals surface area contributed by atoms with Crippen LogP contribution in [0.2, 0.25) is 5.02 Å². The van der Waals surface area contributed by atoms with Crippen molar-refractivity contribution in [3.63, 3.8) is 0 Å². The third-order valence-electron chi connectivity index (χ3n) is 5.32. The highest BCUT2D eigenvalue weighted by Gasteiger charge is 2.36. The molecular weight excluding hydrogens is 444 g/mol. The molecule has 1 aromatic carbocycles. The Labute approximate surface area is 185 Å². The number of carbonyl (C=O) groups excluding carboxylic acids is 2. The Hall–Kier alpha value is -2.42. The van der Waals surface area contributed by atoms with Crippen LogP contribution in [0.1, 0.15) is 36.0 Å². The lowest BCUT2D eigenvalue weighted by Gasteiger charge is -2.27. The zero-order chi connectivity index (χ0) is 21.3. The van der Waals surface area contributed by atoms with Gasteiger partial charge < -0.3 is 15.7 Å². The van der Waals surface area contributed by atoms with Gasteiger partial charge in [0.2, 0.25) is 5.91 Å². The van der Waals surface area contributed by atoms with Crippen LogP contribution >= 0.6 is 34.3 Å². The van der Waals surface area contributed by atoms with Crippen molar-refractivity contribution in [1.29, 1.82) is 0 Å². The van der Waals surface area contributed by atoms with E-state index in [4.69, 9.17) is 11.6 Å². The SMILES string of the molecule is O=C(Nc1ccc(Cl)cc1)c1c(NC(=O)C2CCCCC2C(=O)O)sc2cscc12. The predicted molar refractivity (Wildman–Crippen MR) is 121 cm³/mol. The van der Waals surface area contributed by atoms with Gasteiger partial charge in [-0.15, -0.1) is 11.3 Å². The maximum Gasteiger partial charge on any atom is 0.307 e. The zero-order valence-corrected chi connectivity index (χ0v) is 18.2. The summed E-state index contributed by atoms with van der Waals surface area (Å²) in [7, 11) is 0. The second-order valence-corrected chi connectivity index (χ2v) is 9.47. The molecule has 2 amide bonds. The fraction of sp³-hybridized carbons (Fsp3) is 0.286. The summed E-state index contributed by atoms with van der Waals surface area (Å²) in [6.45, 7) is 0. The summed E-state index contributed by atoms with van der Waals surface area (Å²) in [6, 6.07) is 6.77. The Kier molecular flexibility index (Phi) is 6.08. The molecule has 0 spiro atoms. The summed E-state index contributed by atoms with van der Waals surface area (Å²) >= 11 is 8.71. The summed E-state index contributed by atoms with van der Waals surface area (Å²) in [6.07, 6.45) is 2.67. The van der Waals surface area contributed by atoms with Crippen LogP contribution in [0.3, 0.4) is 0 Å². The Morgan fingerprint density at radius 1 is 1.00 bits per heavy atom. The minimum Gasteiger partial charge on any atom is -0.481 e. The molecule has 3 aromatic rings. The van der Waals surface area contributed by atoms with Crippen LogP contribution in [0.25, 0.3) is 10.1 Å².